The molecule has 0 aromatic carbocycles. The molecule has 0 saturated heterocycles. The third kappa shape index (κ3) is 1.15. The minimum Gasteiger partial charge on any atom is -0.348 e. The van der Waals surface area contributed by atoms with Crippen LogP contribution < -0.4 is 0 Å². The molecule has 0 aliphatic heterocycles. The van der Waals surface area contributed by atoms with Gasteiger partial charge in [-0.25, -0.2) is 0 Å². The van der Waals surface area contributed by atoms with Crippen molar-refractivity contribution in [3.63, 3.8) is 0 Å². The van der Waals surface area contributed by atoms with E-state index in [2.05, 4.69) is 40.5 Å². The van der Waals surface area contributed by atoms with E-state index in [1.54, 1.807) is 0 Å². The first-order chi connectivity index (χ1) is 6.24. The smallest absolute Gasteiger partial charge is 0.0865 e. The monoisotopic (exact) mass is 177 g/mol. The molecule has 3 nitrogen and oxygen atoms in total. The minimum absolute atomic E-state index is 0.486. The highest BCUT2D eigenvalue weighted by Crippen LogP contribution is 2.19. The Labute approximate surface area is 78.0 Å². The lowest BCUT2D eigenvalue weighted by Crippen LogP contribution is -2.04. The summed E-state index contributed by atoms with van der Waals surface area (Å²) >= 11 is 0. The van der Waals surface area contributed by atoms with Gasteiger partial charge >= 0.3 is 0 Å². The van der Waals surface area contributed by atoms with Gasteiger partial charge in [0, 0.05) is 19.3 Å². The van der Waals surface area contributed by atoms with Gasteiger partial charge in [-0.1, -0.05) is 6.92 Å². The topological polar surface area (TPSA) is 22.8 Å². The maximum atomic E-state index is 4.38. The first-order valence-electron chi connectivity index (χ1n) is 4.72. The molecule has 0 radical (unpaired) electrons. The van der Waals surface area contributed by atoms with Crippen molar-refractivity contribution in [2.45, 2.75) is 26.3 Å². The van der Waals surface area contributed by atoms with E-state index in [0.717, 1.165) is 6.42 Å². The van der Waals surface area contributed by atoms with E-state index < -0.39 is 0 Å². The predicted molar refractivity (Wildman–Crippen MR) is 53.7 cm³/mol. The number of rotatable bonds is 2. The zero-order valence-corrected chi connectivity index (χ0v) is 8.36. The van der Waals surface area contributed by atoms with Crippen LogP contribution in [0.25, 0.3) is 11.0 Å². The summed E-state index contributed by atoms with van der Waals surface area (Å²) in [4.78, 5) is 0. The molecule has 2 rings (SSSR count). The Hall–Kier alpha value is -1.25. The van der Waals surface area contributed by atoms with Crippen LogP contribution in [0.1, 0.15) is 26.3 Å². The van der Waals surface area contributed by atoms with Crippen LogP contribution in [-0.4, -0.2) is 14.3 Å². The Morgan fingerprint density at radius 2 is 2.23 bits per heavy atom. The summed E-state index contributed by atoms with van der Waals surface area (Å²) in [5, 5.41) is 4.38. The second-order valence-corrected chi connectivity index (χ2v) is 3.54. The number of aromatic nitrogens is 3. The number of hydrogen-bond donors (Lipinski definition) is 0. The highest BCUT2D eigenvalue weighted by Gasteiger charge is 2.09. The van der Waals surface area contributed by atoms with Crippen LogP contribution in [0.3, 0.4) is 0 Å². The summed E-state index contributed by atoms with van der Waals surface area (Å²) in [6.45, 7) is 4.38. The molecule has 0 bridgehead atoms. The van der Waals surface area contributed by atoms with Gasteiger partial charge in [-0.05, 0) is 19.4 Å². The van der Waals surface area contributed by atoms with Crippen molar-refractivity contribution in [2.75, 3.05) is 0 Å². The van der Waals surface area contributed by atoms with Crippen LogP contribution in [0, 0.1) is 0 Å². The third-order valence-corrected chi connectivity index (χ3v) is 2.66. The Kier molecular flexibility index (Phi) is 1.87. The van der Waals surface area contributed by atoms with Crippen molar-refractivity contribution in [3.05, 3.63) is 18.5 Å². The molecule has 0 fully saturated rings. The molecule has 0 aliphatic rings. The first-order valence-corrected chi connectivity index (χ1v) is 4.72. The summed E-state index contributed by atoms with van der Waals surface area (Å²) in [7, 11) is 2.05. The standard InChI is InChI=1S/C10H15N3/c1-4-8(2)13-9-5-6-12(3)10(9)7-11-13/h5-8H,4H2,1-3H3. The molecule has 0 N–H and O–H groups in total. The molecule has 0 saturated carbocycles. The number of hydrogen-bond acceptors (Lipinski definition) is 1. The summed E-state index contributed by atoms with van der Waals surface area (Å²) in [6, 6.07) is 2.61. The average Bonchev–Trinajstić information content (AvgIpc) is 2.68. The van der Waals surface area contributed by atoms with E-state index in [-0.39, 0.29) is 0 Å². The van der Waals surface area contributed by atoms with Gasteiger partial charge in [0.25, 0.3) is 0 Å². The van der Waals surface area contributed by atoms with Gasteiger partial charge < -0.3 is 4.57 Å². The number of nitrogens with zero attached hydrogens (tertiary/aromatic N) is 3. The Morgan fingerprint density at radius 3 is 2.92 bits per heavy atom. The fourth-order valence-corrected chi connectivity index (χ4v) is 1.58. The van der Waals surface area contributed by atoms with Crippen LogP contribution in [0.4, 0.5) is 0 Å². The zero-order valence-electron chi connectivity index (χ0n) is 8.36. The van der Waals surface area contributed by atoms with E-state index in [4.69, 9.17) is 0 Å². The van der Waals surface area contributed by atoms with Gasteiger partial charge in [0.2, 0.25) is 0 Å². The van der Waals surface area contributed by atoms with Gasteiger partial charge in [-0.15, -0.1) is 0 Å². The molecular weight excluding hydrogens is 162 g/mol. The Bertz CT molecular complexity index is 411. The van der Waals surface area contributed by atoms with Gasteiger partial charge in [-0.2, -0.15) is 5.10 Å². The van der Waals surface area contributed by atoms with E-state index in [1.807, 2.05) is 13.2 Å². The second-order valence-electron chi connectivity index (χ2n) is 3.54. The summed E-state index contributed by atoms with van der Waals surface area (Å²) < 4.78 is 4.19. The quantitative estimate of drug-likeness (QED) is 0.690. The van der Waals surface area contributed by atoms with Crippen molar-refractivity contribution < 1.29 is 0 Å². The number of aryl methyl sites for hydroxylation is 1. The van der Waals surface area contributed by atoms with Crippen LogP contribution in [0.2, 0.25) is 0 Å². The minimum atomic E-state index is 0.486. The SMILES string of the molecule is CCC(C)n1ncc2c1ccn2C. The zero-order chi connectivity index (χ0) is 9.42. The molecular formula is C10H15N3. The van der Waals surface area contributed by atoms with Crippen LogP contribution in [0.15, 0.2) is 18.5 Å². The highest BCUT2D eigenvalue weighted by atomic mass is 15.3. The van der Waals surface area contributed by atoms with E-state index in [9.17, 15) is 0 Å². The maximum Gasteiger partial charge on any atom is 0.0865 e. The Balaban J connectivity index is 2.58. The predicted octanol–water partition coefficient (Wildman–Crippen LogP) is 2.35. The average molecular weight is 177 g/mol. The first kappa shape index (κ1) is 8.35. The molecule has 2 aromatic rings. The lowest BCUT2D eigenvalue weighted by Gasteiger charge is -2.08. The normalized spacial score (nSPS) is 13.8. The maximum absolute atomic E-state index is 4.38. The molecule has 70 valence electrons. The van der Waals surface area contributed by atoms with Crippen molar-refractivity contribution in [2.24, 2.45) is 7.05 Å². The van der Waals surface area contributed by atoms with Crippen LogP contribution in [-0.2, 0) is 7.05 Å². The van der Waals surface area contributed by atoms with Crippen molar-refractivity contribution >= 4 is 11.0 Å². The van der Waals surface area contributed by atoms with E-state index >= 15 is 0 Å². The molecule has 0 spiro atoms. The molecule has 13 heavy (non-hydrogen) atoms. The van der Waals surface area contributed by atoms with Gasteiger partial charge in [-0.3, -0.25) is 4.68 Å². The fourth-order valence-electron chi connectivity index (χ4n) is 1.58. The van der Waals surface area contributed by atoms with Crippen LogP contribution in [0.5, 0.6) is 0 Å². The third-order valence-electron chi connectivity index (χ3n) is 2.66. The molecule has 1 atom stereocenters. The van der Waals surface area contributed by atoms with Crippen LogP contribution >= 0.6 is 0 Å². The second kappa shape index (κ2) is 2.91. The molecule has 2 aromatic heterocycles. The van der Waals surface area contributed by atoms with Crippen molar-refractivity contribution in [1.29, 1.82) is 0 Å². The van der Waals surface area contributed by atoms with Gasteiger partial charge in [0.05, 0.1) is 17.2 Å². The lowest BCUT2D eigenvalue weighted by molar-refractivity contribution is 0.493. The largest absolute Gasteiger partial charge is 0.348 e. The Morgan fingerprint density at radius 1 is 1.46 bits per heavy atom. The van der Waals surface area contributed by atoms with Gasteiger partial charge in [0.15, 0.2) is 0 Å². The molecule has 0 aliphatic carbocycles. The summed E-state index contributed by atoms with van der Waals surface area (Å²) in [5.74, 6) is 0. The van der Waals surface area contributed by atoms with Crippen molar-refractivity contribution in [1.82, 2.24) is 14.3 Å². The number of fused-ring (bicyclic) bond motifs is 1. The molecule has 2 heterocycles. The fraction of sp³-hybridized carbons (Fsp3) is 0.500. The highest BCUT2D eigenvalue weighted by molar-refractivity contribution is 5.75. The molecule has 1 unspecified atom stereocenters. The molecule has 3 heteroatoms. The van der Waals surface area contributed by atoms with E-state index in [0.29, 0.717) is 6.04 Å². The molecule has 0 amide bonds. The van der Waals surface area contributed by atoms with Gasteiger partial charge in [0.1, 0.15) is 0 Å². The summed E-state index contributed by atoms with van der Waals surface area (Å²) in [6.07, 6.45) is 5.12. The van der Waals surface area contributed by atoms with E-state index in [1.165, 1.54) is 11.0 Å². The lowest BCUT2D eigenvalue weighted by atomic mass is 10.2. The van der Waals surface area contributed by atoms with Crippen molar-refractivity contribution in [3.8, 4) is 0 Å². The summed E-state index contributed by atoms with van der Waals surface area (Å²) in [5.41, 5.74) is 2.44.